The molecule has 0 spiro atoms. The van der Waals surface area contributed by atoms with Gasteiger partial charge in [0.2, 0.25) is 0 Å². The summed E-state index contributed by atoms with van der Waals surface area (Å²) in [7, 11) is 0. The average molecular weight is 300 g/mol. The largest absolute Gasteiger partial charge is 0.416 e. The van der Waals surface area contributed by atoms with Gasteiger partial charge in [0.1, 0.15) is 0 Å². The minimum absolute atomic E-state index is 0.0774. The molecule has 2 aromatic rings. The summed E-state index contributed by atoms with van der Waals surface area (Å²) in [6, 6.07) is 3.21. The predicted molar refractivity (Wildman–Crippen MR) is 71.1 cm³/mol. The van der Waals surface area contributed by atoms with E-state index in [2.05, 4.69) is 4.98 Å². The third-order valence-corrected chi connectivity index (χ3v) is 4.08. The smallest absolute Gasteiger partial charge is 0.393 e. The summed E-state index contributed by atoms with van der Waals surface area (Å²) < 4.78 is 39.6. The highest BCUT2D eigenvalue weighted by Crippen LogP contribution is 2.33. The topological polar surface area (TPSA) is 58.0 Å². The van der Waals surface area contributed by atoms with E-state index in [0.717, 1.165) is 12.1 Å². The van der Waals surface area contributed by atoms with Crippen LogP contribution >= 0.6 is 0 Å². The maximum Gasteiger partial charge on any atom is 0.416 e. The maximum absolute atomic E-state index is 12.7. The highest BCUT2D eigenvalue weighted by molar-refractivity contribution is 5.76. The van der Waals surface area contributed by atoms with Gasteiger partial charge >= 0.3 is 11.9 Å². The Kier molecular flexibility index (Phi) is 3.32. The fourth-order valence-electron chi connectivity index (χ4n) is 2.99. The lowest BCUT2D eigenvalue weighted by molar-refractivity contribution is -0.137. The van der Waals surface area contributed by atoms with Gasteiger partial charge in [-0.1, -0.05) is 0 Å². The zero-order valence-corrected chi connectivity index (χ0v) is 11.2. The first-order valence-electron chi connectivity index (χ1n) is 6.86. The molecule has 1 aliphatic rings. The third kappa shape index (κ3) is 2.57. The minimum Gasteiger partial charge on any atom is -0.393 e. The number of halogens is 3. The molecule has 0 bridgehead atoms. The number of nitrogens with zero attached hydrogens (tertiary/aromatic N) is 1. The fourth-order valence-corrected chi connectivity index (χ4v) is 2.99. The van der Waals surface area contributed by atoms with Crippen LogP contribution in [0.4, 0.5) is 13.2 Å². The highest BCUT2D eigenvalue weighted by Gasteiger charge is 2.31. The average Bonchev–Trinajstić information content (AvgIpc) is 2.74. The predicted octanol–water partition coefficient (Wildman–Crippen LogP) is 2.82. The van der Waals surface area contributed by atoms with E-state index in [0.29, 0.717) is 31.2 Å². The molecule has 0 aliphatic heterocycles. The zero-order valence-electron chi connectivity index (χ0n) is 11.2. The lowest BCUT2D eigenvalue weighted by Gasteiger charge is -2.26. The molecule has 0 unspecified atom stereocenters. The molecule has 0 amide bonds. The Morgan fingerprint density at radius 1 is 1.19 bits per heavy atom. The molecule has 0 radical (unpaired) electrons. The molecule has 1 aliphatic carbocycles. The fraction of sp³-hybridized carbons (Fsp3) is 0.500. The normalized spacial score (nSPS) is 23.6. The molecule has 21 heavy (non-hydrogen) atoms. The van der Waals surface area contributed by atoms with Crippen LogP contribution in [0.5, 0.6) is 0 Å². The van der Waals surface area contributed by atoms with Gasteiger partial charge in [-0.2, -0.15) is 13.2 Å². The number of aromatic nitrogens is 2. The highest BCUT2D eigenvalue weighted by atomic mass is 19.4. The van der Waals surface area contributed by atoms with E-state index < -0.39 is 17.4 Å². The Morgan fingerprint density at radius 2 is 1.86 bits per heavy atom. The van der Waals surface area contributed by atoms with Crippen molar-refractivity contribution in [3.8, 4) is 0 Å². The Balaban J connectivity index is 2.04. The first-order valence-corrected chi connectivity index (χ1v) is 6.86. The van der Waals surface area contributed by atoms with Gasteiger partial charge in [-0.05, 0) is 43.9 Å². The van der Waals surface area contributed by atoms with E-state index in [1.165, 1.54) is 10.6 Å². The Labute approximate surface area is 118 Å². The van der Waals surface area contributed by atoms with Crippen molar-refractivity contribution < 1.29 is 18.3 Å². The molecular formula is C14H15F3N2O2. The monoisotopic (exact) mass is 300 g/mol. The summed E-state index contributed by atoms with van der Waals surface area (Å²) in [6.45, 7) is 0. The second-order valence-electron chi connectivity index (χ2n) is 5.49. The summed E-state index contributed by atoms with van der Waals surface area (Å²) in [6.07, 6.45) is -2.28. The number of aliphatic hydroxyl groups is 1. The van der Waals surface area contributed by atoms with Crippen LogP contribution in [-0.2, 0) is 6.18 Å². The van der Waals surface area contributed by atoms with E-state index in [4.69, 9.17) is 0 Å². The lowest BCUT2D eigenvalue weighted by Crippen LogP contribution is -2.27. The van der Waals surface area contributed by atoms with Gasteiger partial charge in [0.15, 0.2) is 0 Å². The van der Waals surface area contributed by atoms with E-state index in [-0.39, 0.29) is 17.7 Å². The molecule has 114 valence electrons. The first kappa shape index (κ1) is 14.2. The molecule has 1 aromatic heterocycles. The van der Waals surface area contributed by atoms with Gasteiger partial charge in [-0.15, -0.1) is 0 Å². The van der Waals surface area contributed by atoms with Gasteiger partial charge in [0.05, 0.1) is 22.7 Å². The number of aliphatic hydroxyl groups excluding tert-OH is 1. The standard InChI is InChI=1S/C14H15F3N2O2/c15-14(16,17)8-1-6-12-11(7-8)18-13(21)19(12)9-2-4-10(20)5-3-9/h1,6-7,9-10,20H,2-5H2,(H,18,21)/t9-,10-. The number of hydrogen-bond acceptors (Lipinski definition) is 2. The van der Waals surface area contributed by atoms with Crippen LogP contribution in [0.1, 0.15) is 37.3 Å². The number of imidazole rings is 1. The van der Waals surface area contributed by atoms with E-state index in [9.17, 15) is 23.1 Å². The lowest BCUT2D eigenvalue weighted by atomic mass is 9.93. The van der Waals surface area contributed by atoms with Crippen molar-refractivity contribution >= 4 is 11.0 Å². The second kappa shape index (κ2) is 4.91. The van der Waals surface area contributed by atoms with Crippen molar-refractivity contribution in [2.24, 2.45) is 0 Å². The minimum atomic E-state index is -4.43. The Morgan fingerprint density at radius 3 is 2.48 bits per heavy atom. The number of nitrogens with one attached hydrogen (secondary N) is 1. The SMILES string of the molecule is O=c1[nH]c2cc(C(F)(F)F)ccc2n1[C@H]1CC[C@H](O)CC1. The number of rotatable bonds is 1. The summed E-state index contributed by atoms with van der Waals surface area (Å²) in [5.74, 6) is 0. The molecule has 0 atom stereocenters. The van der Waals surface area contributed by atoms with Crippen molar-refractivity contribution in [1.82, 2.24) is 9.55 Å². The van der Waals surface area contributed by atoms with E-state index in [1.807, 2.05) is 0 Å². The van der Waals surface area contributed by atoms with Crippen LogP contribution in [-0.4, -0.2) is 20.8 Å². The Bertz CT molecular complexity index is 709. The van der Waals surface area contributed by atoms with Crippen molar-refractivity contribution in [2.45, 2.75) is 44.0 Å². The van der Waals surface area contributed by atoms with Crippen LogP contribution in [0, 0.1) is 0 Å². The Hall–Kier alpha value is -1.76. The van der Waals surface area contributed by atoms with Crippen molar-refractivity contribution in [3.63, 3.8) is 0 Å². The summed E-state index contributed by atoms with van der Waals surface area (Å²) in [5.41, 5.74) is -0.497. The molecule has 1 heterocycles. The summed E-state index contributed by atoms with van der Waals surface area (Å²) in [4.78, 5) is 14.5. The molecule has 7 heteroatoms. The van der Waals surface area contributed by atoms with E-state index >= 15 is 0 Å². The molecule has 2 N–H and O–H groups in total. The van der Waals surface area contributed by atoms with Crippen LogP contribution < -0.4 is 5.69 Å². The number of hydrogen-bond donors (Lipinski definition) is 2. The molecule has 4 nitrogen and oxygen atoms in total. The summed E-state index contributed by atoms with van der Waals surface area (Å²) >= 11 is 0. The molecular weight excluding hydrogens is 285 g/mol. The number of aromatic amines is 1. The third-order valence-electron chi connectivity index (χ3n) is 4.08. The van der Waals surface area contributed by atoms with Crippen molar-refractivity contribution in [2.75, 3.05) is 0 Å². The summed E-state index contributed by atoms with van der Waals surface area (Å²) in [5, 5.41) is 9.51. The maximum atomic E-state index is 12.7. The van der Waals surface area contributed by atoms with Gasteiger partial charge < -0.3 is 10.1 Å². The molecule has 3 rings (SSSR count). The van der Waals surface area contributed by atoms with Crippen LogP contribution in [0.2, 0.25) is 0 Å². The van der Waals surface area contributed by atoms with Crippen molar-refractivity contribution in [1.29, 1.82) is 0 Å². The van der Waals surface area contributed by atoms with Gasteiger partial charge in [0, 0.05) is 6.04 Å². The van der Waals surface area contributed by atoms with Crippen molar-refractivity contribution in [3.05, 3.63) is 34.2 Å². The zero-order chi connectivity index (χ0) is 15.2. The van der Waals surface area contributed by atoms with Gasteiger partial charge in [0.25, 0.3) is 0 Å². The number of alkyl halides is 3. The second-order valence-corrected chi connectivity index (χ2v) is 5.49. The van der Waals surface area contributed by atoms with Crippen LogP contribution in [0.25, 0.3) is 11.0 Å². The molecule has 0 saturated heterocycles. The van der Waals surface area contributed by atoms with Gasteiger partial charge in [-0.25, -0.2) is 4.79 Å². The molecule has 1 aromatic carbocycles. The molecule has 1 saturated carbocycles. The van der Waals surface area contributed by atoms with Crippen LogP contribution in [0.15, 0.2) is 23.0 Å². The van der Waals surface area contributed by atoms with E-state index in [1.54, 1.807) is 0 Å². The number of benzene rings is 1. The quantitative estimate of drug-likeness (QED) is 0.851. The number of fused-ring (bicyclic) bond motifs is 1. The van der Waals surface area contributed by atoms with Gasteiger partial charge in [-0.3, -0.25) is 4.57 Å². The first-order chi connectivity index (χ1) is 9.86. The van der Waals surface area contributed by atoms with Crippen LogP contribution in [0.3, 0.4) is 0 Å². The molecule has 1 fully saturated rings. The number of H-pyrrole nitrogens is 1.